The van der Waals surface area contributed by atoms with E-state index in [9.17, 15) is 4.79 Å². The zero-order valence-electron chi connectivity index (χ0n) is 10.8. The van der Waals surface area contributed by atoms with E-state index in [4.69, 9.17) is 11.5 Å². The largest absolute Gasteiger partial charge is 0.399 e. The SMILES string of the molecule is CC1(CNC(=O)c2ccc(N)cc2N)CCCC1. The van der Waals surface area contributed by atoms with Crippen molar-refractivity contribution < 1.29 is 4.79 Å². The molecular weight excluding hydrogens is 226 g/mol. The van der Waals surface area contributed by atoms with Crippen molar-refractivity contribution in [3.05, 3.63) is 23.8 Å². The van der Waals surface area contributed by atoms with Crippen LogP contribution in [0, 0.1) is 5.41 Å². The number of amides is 1. The number of nitrogens with two attached hydrogens (primary N) is 2. The van der Waals surface area contributed by atoms with E-state index in [0.29, 0.717) is 16.9 Å². The lowest BCUT2D eigenvalue weighted by Gasteiger charge is -2.23. The molecule has 2 rings (SSSR count). The van der Waals surface area contributed by atoms with E-state index in [0.717, 1.165) is 6.54 Å². The van der Waals surface area contributed by atoms with Crippen LogP contribution in [-0.4, -0.2) is 12.5 Å². The van der Waals surface area contributed by atoms with Gasteiger partial charge in [0.2, 0.25) is 0 Å². The molecule has 1 fully saturated rings. The third-order valence-corrected chi connectivity index (χ3v) is 3.81. The zero-order valence-corrected chi connectivity index (χ0v) is 10.8. The minimum Gasteiger partial charge on any atom is -0.399 e. The number of nitrogens with one attached hydrogen (secondary N) is 1. The first-order valence-electron chi connectivity index (χ1n) is 6.43. The molecule has 0 bridgehead atoms. The Morgan fingerprint density at radius 1 is 1.33 bits per heavy atom. The highest BCUT2D eigenvalue weighted by atomic mass is 16.1. The summed E-state index contributed by atoms with van der Waals surface area (Å²) in [6.07, 6.45) is 4.89. The highest BCUT2D eigenvalue weighted by molar-refractivity contribution is 5.99. The molecule has 4 nitrogen and oxygen atoms in total. The van der Waals surface area contributed by atoms with Gasteiger partial charge in [0.1, 0.15) is 0 Å². The van der Waals surface area contributed by atoms with Crippen molar-refractivity contribution in [3.8, 4) is 0 Å². The monoisotopic (exact) mass is 247 g/mol. The zero-order chi connectivity index (χ0) is 13.2. The second kappa shape index (κ2) is 4.88. The average Bonchev–Trinajstić information content (AvgIpc) is 2.74. The van der Waals surface area contributed by atoms with Crippen LogP contribution >= 0.6 is 0 Å². The van der Waals surface area contributed by atoms with Gasteiger partial charge in [-0.25, -0.2) is 0 Å². The molecule has 0 radical (unpaired) electrons. The Balaban J connectivity index is 1.99. The van der Waals surface area contributed by atoms with Crippen molar-refractivity contribution in [2.24, 2.45) is 5.41 Å². The van der Waals surface area contributed by atoms with Gasteiger partial charge in [-0.3, -0.25) is 4.79 Å². The number of anilines is 2. The average molecular weight is 247 g/mol. The Labute approximate surface area is 108 Å². The molecule has 0 saturated heterocycles. The quantitative estimate of drug-likeness (QED) is 0.716. The second-order valence-electron chi connectivity index (χ2n) is 5.55. The molecule has 1 saturated carbocycles. The van der Waals surface area contributed by atoms with Crippen LogP contribution in [0.3, 0.4) is 0 Å². The van der Waals surface area contributed by atoms with Crippen LogP contribution in [-0.2, 0) is 0 Å². The Hall–Kier alpha value is -1.71. The van der Waals surface area contributed by atoms with Gasteiger partial charge < -0.3 is 16.8 Å². The van der Waals surface area contributed by atoms with Gasteiger partial charge in [0, 0.05) is 17.9 Å². The Morgan fingerprint density at radius 2 is 2.00 bits per heavy atom. The lowest BCUT2D eigenvalue weighted by atomic mass is 9.89. The predicted octanol–water partition coefficient (Wildman–Crippen LogP) is 2.16. The van der Waals surface area contributed by atoms with E-state index < -0.39 is 0 Å². The second-order valence-corrected chi connectivity index (χ2v) is 5.55. The molecular formula is C14H21N3O. The first-order chi connectivity index (χ1) is 8.50. The lowest BCUT2D eigenvalue weighted by Crippen LogP contribution is -2.34. The number of hydrogen-bond donors (Lipinski definition) is 3. The normalized spacial score (nSPS) is 17.6. The number of benzene rings is 1. The minimum atomic E-state index is -0.111. The number of hydrogen-bond acceptors (Lipinski definition) is 3. The fourth-order valence-corrected chi connectivity index (χ4v) is 2.58. The summed E-state index contributed by atoms with van der Waals surface area (Å²) >= 11 is 0. The number of rotatable bonds is 3. The molecule has 4 heteroatoms. The summed E-state index contributed by atoms with van der Waals surface area (Å²) in [5.74, 6) is -0.111. The van der Waals surface area contributed by atoms with Crippen LogP contribution in [0.4, 0.5) is 11.4 Å². The Morgan fingerprint density at radius 3 is 2.61 bits per heavy atom. The van der Waals surface area contributed by atoms with Crippen LogP contribution in [0.2, 0.25) is 0 Å². The fraction of sp³-hybridized carbons (Fsp3) is 0.500. The van der Waals surface area contributed by atoms with Gasteiger partial charge in [0.25, 0.3) is 5.91 Å². The topological polar surface area (TPSA) is 81.1 Å². The molecule has 1 aromatic carbocycles. The predicted molar refractivity (Wildman–Crippen MR) is 74.2 cm³/mol. The van der Waals surface area contributed by atoms with Gasteiger partial charge in [0.15, 0.2) is 0 Å². The maximum Gasteiger partial charge on any atom is 0.253 e. The first-order valence-corrected chi connectivity index (χ1v) is 6.43. The van der Waals surface area contributed by atoms with Gasteiger partial charge >= 0.3 is 0 Å². The van der Waals surface area contributed by atoms with Gasteiger partial charge in [-0.1, -0.05) is 19.8 Å². The van der Waals surface area contributed by atoms with Crippen LogP contribution in [0.1, 0.15) is 43.0 Å². The first kappa shape index (κ1) is 12.7. The number of nitrogen functional groups attached to an aromatic ring is 2. The molecule has 98 valence electrons. The standard InChI is InChI=1S/C14H21N3O/c1-14(6-2-3-7-14)9-17-13(18)11-5-4-10(15)8-12(11)16/h4-5,8H,2-3,6-7,9,15-16H2,1H3,(H,17,18). The van der Waals surface area contributed by atoms with Crippen LogP contribution in [0.25, 0.3) is 0 Å². The maximum atomic E-state index is 12.0. The minimum absolute atomic E-state index is 0.111. The number of carbonyl (C=O) groups excluding carboxylic acids is 1. The summed E-state index contributed by atoms with van der Waals surface area (Å²) in [6, 6.07) is 4.99. The molecule has 1 aliphatic carbocycles. The maximum absolute atomic E-state index is 12.0. The third-order valence-electron chi connectivity index (χ3n) is 3.81. The molecule has 18 heavy (non-hydrogen) atoms. The molecule has 1 aliphatic rings. The van der Waals surface area contributed by atoms with E-state index >= 15 is 0 Å². The molecule has 0 atom stereocenters. The van der Waals surface area contributed by atoms with E-state index in [1.54, 1.807) is 18.2 Å². The Bertz CT molecular complexity index is 450. The third kappa shape index (κ3) is 2.75. The summed E-state index contributed by atoms with van der Waals surface area (Å²) in [7, 11) is 0. The highest BCUT2D eigenvalue weighted by Gasteiger charge is 2.29. The molecule has 1 aromatic rings. The molecule has 0 heterocycles. The van der Waals surface area contributed by atoms with Crippen molar-refractivity contribution in [2.75, 3.05) is 18.0 Å². The molecule has 0 spiro atoms. The van der Waals surface area contributed by atoms with Gasteiger partial charge in [0.05, 0.1) is 5.56 Å². The van der Waals surface area contributed by atoms with E-state index in [-0.39, 0.29) is 11.3 Å². The molecule has 1 amide bonds. The van der Waals surface area contributed by atoms with E-state index in [2.05, 4.69) is 12.2 Å². The van der Waals surface area contributed by atoms with Gasteiger partial charge in [-0.05, 0) is 36.5 Å². The van der Waals surface area contributed by atoms with E-state index in [1.807, 2.05) is 0 Å². The molecule has 0 aliphatic heterocycles. The summed E-state index contributed by atoms with van der Waals surface area (Å²) in [5, 5.41) is 2.98. The molecule has 0 aromatic heterocycles. The van der Waals surface area contributed by atoms with Crippen LogP contribution < -0.4 is 16.8 Å². The van der Waals surface area contributed by atoms with Crippen molar-refractivity contribution in [3.63, 3.8) is 0 Å². The lowest BCUT2D eigenvalue weighted by molar-refractivity contribution is 0.0935. The van der Waals surface area contributed by atoms with Crippen molar-refractivity contribution >= 4 is 17.3 Å². The molecule has 0 unspecified atom stereocenters. The van der Waals surface area contributed by atoms with E-state index in [1.165, 1.54) is 25.7 Å². The fourth-order valence-electron chi connectivity index (χ4n) is 2.58. The van der Waals surface area contributed by atoms with Gasteiger partial charge in [-0.15, -0.1) is 0 Å². The molecule has 5 N–H and O–H groups in total. The van der Waals surface area contributed by atoms with Crippen molar-refractivity contribution in [1.29, 1.82) is 0 Å². The summed E-state index contributed by atoms with van der Waals surface area (Å²) < 4.78 is 0. The van der Waals surface area contributed by atoms with Crippen molar-refractivity contribution in [2.45, 2.75) is 32.6 Å². The Kier molecular flexibility index (Phi) is 3.45. The highest BCUT2D eigenvalue weighted by Crippen LogP contribution is 2.36. The van der Waals surface area contributed by atoms with Crippen LogP contribution in [0.5, 0.6) is 0 Å². The summed E-state index contributed by atoms with van der Waals surface area (Å²) in [6.45, 7) is 2.95. The summed E-state index contributed by atoms with van der Waals surface area (Å²) in [5.41, 5.74) is 13.2. The number of carbonyl (C=O) groups is 1. The van der Waals surface area contributed by atoms with Gasteiger partial charge in [-0.2, -0.15) is 0 Å². The van der Waals surface area contributed by atoms with Crippen molar-refractivity contribution in [1.82, 2.24) is 5.32 Å². The van der Waals surface area contributed by atoms with Crippen LogP contribution in [0.15, 0.2) is 18.2 Å². The summed E-state index contributed by atoms with van der Waals surface area (Å²) in [4.78, 5) is 12.0. The smallest absolute Gasteiger partial charge is 0.253 e.